The summed E-state index contributed by atoms with van der Waals surface area (Å²) in [5, 5.41) is 1.50. The van der Waals surface area contributed by atoms with Gasteiger partial charge in [-0.3, -0.25) is 4.21 Å². The first-order valence-corrected chi connectivity index (χ1v) is 4.78. The van der Waals surface area contributed by atoms with E-state index in [4.69, 9.17) is 0 Å². The molecule has 13 heavy (non-hydrogen) atoms. The standard InChI is InChI=1S/C8H12N2O2S/c1-9(2)10(13(11)12)8-6-4-3-5-7-8/h3-7H,1-2H3,(H,11,12)/p-1. The Morgan fingerprint density at radius 3 is 2.15 bits per heavy atom. The van der Waals surface area contributed by atoms with Gasteiger partial charge in [-0.1, -0.05) is 18.2 Å². The minimum Gasteiger partial charge on any atom is -0.754 e. The third-order valence-corrected chi connectivity index (χ3v) is 2.30. The fourth-order valence-electron chi connectivity index (χ4n) is 1.01. The SMILES string of the molecule is CN(C)N(c1ccccc1)S(=O)[O-]. The van der Waals surface area contributed by atoms with Gasteiger partial charge in [-0.25, -0.2) is 9.42 Å². The van der Waals surface area contributed by atoms with Crippen LogP contribution in [0.1, 0.15) is 0 Å². The summed E-state index contributed by atoms with van der Waals surface area (Å²) in [6.07, 6.45) is 0. The Morgan fingerprint density at radius 1 is 1.23 bits per heavy atom. The summed E-state index contributed by atoms with van der Waals surface area (Å²) in [5.41, 5.74) is 0.626. The van der Waals surface area contributed by atoms with Gasteiger partial charge in [-0.2, -0.15) is 0 Å². The second kappa shape index (κ2) is 4.36. The largest absolute Gasteiger partial charge is 0.754 e. The zero-order chi connectivity index (χ0) is 9.84. The smallest absolute Gasteiger partial charge is 0.0663 e. The maximum absolute atomic E-state index is 10.8. The number of hydrazine groups is 1. The van der Waals surface area contributed by atoms with Crippen molar-refractivity contribution in [1.82, 2.24) is 5.01 Å². The summed E-state index contributed by atoms with van der Waals surface area (Å²) in [4.78, 5) is 0. The van der Waals surface area contributed by atoms with Crippen LogP contribution in [0.2, 0.25) is 0 Å². The third-order valence-electron chi connectivity index (χ3n) is 1.48. The minimum atomic E-state index is -2.28. The van der Waals surface area contributed by atoms with E-state index in [1.807, 2.05) is 6.07 Å². The summed E-state index contributed by atoms with van der Waals surface area (Å²) in [6.45, 7) is 0. The van der Waals surface area contributed by atoms with Gasteiger partial charge in [0.25, 0.3) is 0 Å². The number of nitrogens with zero attached hydrogens (tertiary/aromatic N) is 2. The van der Waals surface area contributed by atoms with E-state index in [2.05, 4.69) is 0 Å². The van der Waals surface area contributed by atoms with E-state index in [1.54, 1.807) is 38.4 Å². The van der Waals surface area contributed by atoms with Gasteiger partial charge in [-0.15, -0.1) is 0 Å². The van der Waals surface area contributed by atoms with Crippen molar-refractivity contribution in [2.45, 2.75) is 0 Å². The average molecular weight is 199 g/mol. The molecule has 1 aromatic carbocycles. The molecule has 4 nitrogen and oxygen atoms in total. The van der Waals surface area contributed by atoms with E-state index >= 15 is 0 Å². The average Bonchev–Trinajstić information content (AvgIpc) is 2.04. The van der Waals surface area contributed by atoms with E-state index in [0.29, 0.717) is 5.69 Å². The zero-order valence-electron chi connectivity index (χ0n) is 7.51. The molecule has 0 heterocycles. The van der Waals surface area contributed by atoms with E-state index < -0.39 is 11.3 Å². The van der Waals surface area contributed by atoms with E-state index in [1.165, 1.54) is 9.42 Å². The van der Waals surface area contributed by atoms with Crippen LogP contribution in [-0.4, -0.2) is 27.9 Å². The van der Waals surface area contributed by atoms with Crippen molar-refractivity contribution in [3.8, 4) is 0 Å². The molecule has 1 atom stereocenters. The Labute approximate surface area is 80.2 Å². The number of anilines is 1. The fraction of sp³-hybridized carbons (Fsp3) is 0.250. The van der Waals surface area contributed by atoms with Crippen molar-refractivity contribution in [1.29, 1.82) is 0 Å². The van der Waals surface area contributed by atoms with E-state index in [9.17, 15) is 8.76 Å². The van der Waals surface area contributed by atoms with Crippen molar-refractivity contribution in [2.24, 2.45) is 0 Å². The van der Waals surface area contributed by atoms with Crippen LogP contribution in [0.3, 0.4) is 0 Å². The molecule has 0 aliphatic carbocycles. The molecule has 0 aliphatic heterocycles. The van der Waals surface area contributed by atoms with Crippen molar-refractivity contribution < 1.29 is 8.76 Å². The number of para-hydroxylation sites is 1. The Kier molecular flexibility index (Phi) is 3.41. The Hall–Kier alpha value is -0.910. The molecule has 5 heteroatoms. The highest BCUT2D eigenvalue weighted by molar-refractivity contribution is 7.80. The molecule has 0 fully saturated rings. The number of hydrogen-bond donors (Lipinski definition) is 0. The molecule has 0 N–H and O–H groups in total. The van der Waals surface area contributed by atoms with Crippen LogP contribution in [0, 0.1) is 0 Å². The summed E-state index contributed by atoms with van der Waals surface area (Å²) < 4.78 is 22.8. The van der Waals surface area contributed by atoms with Crippen molar-refractivity contribution in [3.05, 3.63) is 30.3 Å². The van der Waals surface area contributed by atoms with E-state index in [-0.39, 0.29) is 0 Å². The van der Waals surface area contributed by atoms with Crippen LogP contribution in [0.4, 0.5) is 5.69 Å². The van der Waals surface area contributed by atoms with Gasteiger partial charge in [0, 0.05) is 14.1 Å². The first-order valence-electron chi connectivity index (χ1n) is 3.74. The first kappa shape index (κ1) is 10.2. The molecule has 0 aromatic heterocycles. The van der Waals surface area contributed by atoms with Crippen LogP contribution in [0.5, 0.6) is 0 Å². The van der Waals surface area contributed by atoms with Gasteiger partial charge in [0.05, 0.1) is 17.0 Å². The highest BCUT2D eigenvalue weighted by Gasteiger charge is 2.07. The predicted molar refractivity (Wildman–Crippen MR) is 51.5 cm³/mol. The minimum absolute atomic E-state index is 0.626. The highest BCUT2D eigenvalue weighted by atomic mass is 32.2. The highest BCUT2D eigenvalue weighted by Crippen LogP contribution is 2.14. The van der Waals surface area contributed by atoms with Crippen LogP contribution < -0.4 is 4.41 Å². The summed E-state index contributed by atoms with van der Waals surface area (Å²) >= 11 is -2.28. The predicted octanol–water partition coefficient (Wildman–Crippen LogP) is 0.764. The third kappa shape index (κ3) is 2.51. The molecule has 0 bridgehead atoms. The molecule has 0 amide bonds. The molecule has 72 valence electrons. The van der Waals surface area contributed by atoms with Gasteiger partial charge in [0.1, 0.15) is 0 Å². The van der Waals surface area contributed by atoms with Crippen LogP contribution in [0.25, 0.3) is 0 Å². The molecular weight excluding hydrogens is 188 g/mol. The molecule has 1 rings (SSSR count). The van der Waals surface area contributed by atoms with E-state index in [0.717, 1.165) is 0 Å². The number of rotatable bonds is 3. The molecular formula is C8H11N2O2S-. The van der Waals surface area contributed by atoms with Crippen molar-refractivity contribution in [2.75, 3.05) is 18.5 Å². The van der Waals surface area contributed by atoms with Gasteiger partial charge < -0.3 is 4.55 Å². The van der Waals surface area contributed by atoms with Gasteiger partial charge in [0.2, 0.25) is 0 Å². The lowest BCUT2D eigenvalue weighted by atomic mass is 10.3. The Morgan fingerprint density at radius 2 is 1.77 bits per heavy atom. The molecule has 1 unspecified atom stereocenters. The number of benzene rings is 1. The summed E-state index contributed by atoms with van der Waals surface area (Å²) in [6, 6.07) is 8.88. The maximum Gasteiger partial charge on any atom is 0.0663 e. The summed E-state index contributed by atoms with van der Waals surface area (Å²) in [5.74, 6) is 0. The summed E-state index contributed by atoms with van der Waals surface area (Å²) in [7, 11) is 3.34. The van der Waals surface area contributed by atoms with Crippen molar-refractivity contribution >= 4 is 17.0 Å². The second-order valence-electron chi connectivity index (χ2n) is 2.67. The first-order chi connectivity index (χ1) is 6.13. The molecule has 0 spiro atoms. The lowest BCUT2D eigenvalue weighted by molar-refractivity contribution is 0.412. The molecule has 0 saturated heterocycles. The van der Waals surface area contributed by atoms with Crippen LogP contribution >= 0.6 is 0 Å². The molecule has 0 aliphatic rings. The zero-order valence-corrected chi connectivity index (χ0v) is 8.32. The van der Waals surface area contributed by atoms with Gasteiger partial charge in [0.15, 0.2) is 0 Å². The lowest BCUT2D eigenvalue weighted by Gasteiger charge is -2.31. The topological polar surface area (TPSA) is 46.6 Å². The Balaban J connectivity index is 2.96. The number of hydrogen-bond acceptors (Lipinski definition) is 3. The second-order valence-corrected chi connectivity index (χ2v) is 3.45. The molecule has 1 aromatic rings. The maximum atomic E-state index is 10.8. The Bertz CT molecular complexity index is 289. The van der Waals surface area contributed by atoms with Crippen LogP contribution in [-0.2, 0) is 11.3 Å². The molecule has 0 radical (unpaired) electrons. The van der Waals surface area contributed by atoms with Crippen molar-refractivity contribution in [3.63, 3.8) is 0 Å². The van der Waals surface area contributed by atoms with Gasteiger partial charge >= 0.3 is 0 Å². The monoisotopic (exact) mass is 199 g/mol. The van der Waals surface area contributed by atoms with Gasteiger partial charge in [-0.05, 0) is 12.1 Å². The fourth-order valence-corrected chi connectivity index (χ4v) is 1.57. The lowest BCUT2D eigenvalue weighted by Crippen LogP contribution is -2.38. The van der Waals surface area contributed by atoms with Crippen LogP contribution in [0.15, 0.2) is 30.3 Å². The normalized spacial score (nSPS) is 12.9. The quantitative estimate of drug-likeness (QED) is 0.533. The molecule has 0 saturated carbocycles.